The van der Waals surface area contributed by atoms with Crippen LogP contribution in [0.15, 0.2) is 21.8 Å². The van der Waals surface area contributed by atoms with Crippen molar-refractivity contribution in [2.45, 2.75) is 26.9 Å². The van der Waals surface area contributed by atoms with Crippen LogP contribution in [-0.4, -0.2) is 25.0 Å². The van der Waals surface area contributed by atoms with Crippen LogP contribution in [0.1, 0.15) is 19.7 Å². The largest absolute Gasteiger partial charge is 0.375 e. The summed E-state index contributed by atoms with van der Waals surface area (Å²) in [6.45, 7) is 5.13. The zero-order chi connectivity index (χ0) is 13.8. The van der Waals surface area contributed by atoms with Gasteiger partial charge in [0, 0.05) is 6.54 Å². The summed E-state index contributed by atoms with van der Waals surface area (Å²) in [5, 5.41) is 13.7. The van der Waals surface area contributed by atoms with Gasteiger partial charge in [0.15, 0.2) is 0 Å². The summed E-state index contributed by atoms with van der Waals surface area (Å²) >= 11 is 3.30. The van der Waals surface area contributed by atoms with Gasteiger partial charge in [-0.2, -0.15) is 10.2 Å². The van der Waals surface area contributed by atoms with Crippen LogP contribution in [0.3, 0.4) is 0 Å². The van der Waals surface area contributed by atoms with E-state index < -0.39 is 0 Å². The first-order valence-corrected chi connectivity index (χ1v) is 6.71. The maximum absolute atomic E-state index is 12.1. The van der Waals surface area contributed by atoms with Gasteiger partial charge in [0.1, 0.15) is 16.6 Å². The van der Waals surface area contributed by atoms with Crippen molar-refractivity contribution in [3.63, 3.8) is 0 Å². The Labute approximate surface area is 118 Å². The lowest BCUT2D eigenvalue weighted by molar-refractivity contribution is 0.462. The molecule has 0 radical (unpaired) electrons. The smallest absolute Gasteiger partial charge is 0.283 e. The monoisotopic (exact) mass is 326 g/mol. The van der Waals surface area contributed by atoms with Crippen molar-refractivity contribution < 1.29 is 0 Å². The van der Waals surface area contributed by atoms with E-state index in [0.717, 1.165) is 0 Å². The zero-order valence-corrected chi connectivity index (χ0v) is 12.3. The number of nitrogens with one attached hydrogen (secondary N) is 2. The molecule has 19 heavy (non-hydrogen) atoms. The van der Waals surface area contributed by atoms with Crippen LogP contribution < -0.4 is 10.9 Å². The third-order valence-electron chi connectivity index (χ3n) is 2.43. The average Bonchev–Trinajstić information content (AvgIpc) is 2.87. The highest BCUT2D eigenvalue weighted by Gasteiger charge is 2.10. The Kier molecular flexibility index (Phi) is 4.31. The molecule has 0 atom stereocenters. The molecule has 7 nitrogen and oxygen atoms in total. The normalized spacial score (nSPS) is 10.9. The van der Waals surface area contributed by atoms with Gasteiger partial charge in [0.25, 0.3) is 5.56 Å². The van der Waals surface area contributed by atoms with Gasteiger partial charge in [-0.1, -0.05) is 13.8 Å². The van der Waals surface area contributed by atoms with Gasteiger partial charge < -0.3 is 5.32 Å². The molecular formula is C11H15BrN6O. The highest BCUT2D eigenvalue weighted by atomic mass is 79.9. The Morgan fingerprint density at radius 3 is 2.95 bits per heavy atom. The fraction of sp³-hybridized carbons (Fsp3) is 0.455. The van der Waals surface area contributed by atoms with Gasteiger partial charge in [-0.3, -0.25) is 9.89 Å². The summed E-state index contributed by atoms with van der Waals surface area (Å²) in [4.78, 5) is 16.1. The molecule has 2 N–H and O–H groups in total. The molecule has 2 aromatic rings. The molecule has 0 aromatic carbocycles. The Bertz CT molecular complexity index is 592. The van der Waals surface area contributed by atoms with Crippen molar-refractivity contribution in [3.8, 4) is 0 Å². The van der Waals surface area contributed by atoms with Gasteiger partial charge in [-0.15, -0.1) is 0 Å². The van der Waals surface area contributed by atoms with E-state index in [2.05, 4.69) is 41.5 Å². The minimum absolute atomic E-state index is 0.142. The average molecular weight is 327 g/mol. The molecule has 0 aliphatic carbocycles. The second-order valence-electron chi connectivity index (χ2n) is 4.54. The van der Waals surface area contributed by atoms with Crippen molar-refractivity contribution in [1.29, 1.82) is 0 Å². The van der Waals surface area contributed by atoms with Crippen LogP contribution in [0.2, 0.25) is 0 Å². The van der Waals surface area contributed by atoms with E-state index in [1.807, 2.05) is 13.8 Å². The van der Waals surface area contributed by atoms with E-state index in [4.69, 9.17) is 0 Å². The highest BCUT2D eigenvalue weighted by molar-refractivity contribution is 9.10. The molecule has 0 saturated heterocycles. The van der Waals surface area contributed by atoms with E-state index in [-0.39, 0.29) is 5.56 Å². The second kappa shape index (κ2) is 5.96. The predicted molar refractivity (Wildman–Crippen MR) is 74.7 cm³/mol. The summed E-state index contributed by atoms with van der Waals surface area (Å²) in [6, 6.07) is 0. The topological polar surface area (TPSA) is 88.5 Å². The zero-order valence-electron chi connectivity index (χ0n) is 10.7. The fourth-order valence-corrected chi connectivity index (χ4v) is 2.01. The molecule has 2 aromatic heterocycles. The number of halogens is 1. The lowest BCUT2D eigenvalue weighted by Gasteiger charge is -2.11. The fourth-order valence-electron chi connectivity index (χ4n) is 1.56. The van der Waals surface area contributed by atoms with Crippen LogP contribution in [-0.2, 0) is 13.1 Å². The maximum atomic E-state index is 12.1. The molecule has 2 heterocycles. The minimum Gasteiger partial charge on any atom is -0.375 e. The lowest BCUT2D eigenvalue weighted by atomic mass is 10.2. The molecule has 0 saturated carbocycles. The van der Waals surface area contributed by atoms with E-state index in [0.29, 0.717) is 35.0 Å². The third kappa shape index (κ3) is 3.40. The first kappa shape index (κ1) is 13.7. The van der Waals surface area contributed by atoms with E-state index in [9.17, 15) is 4.79 Å². The van der Waals surface area contributed by atoms with Gasteiger partial charge in [0.2, 0.25) is 0 Å². The molecule has 0 spiro atoms. The number of nitrogens with zero attached hydrogens (tertiary/aromatic N) is 4. The maximum Gasteiger partial charge on any atom is 0.283 e. The van der Waals surface area contributed by atoms with Gasteiger partial charge in [-0.25, -0.2) is 9.67 Å². The SMILES string of the molecule is CC(C)Cn1ncc(NCc2ncn[nH]2)c(Br)c1=O. The second-order valence-corrected chi connectivity index (χ2v) is 5.33. The number of aromatic nitrogens is 5. The number of hydrogen-bond donors (Lipinski definition) is 2. The van der Waals surface area contributed by atoms with Crippen LogP contribution in [0.5, 0.6) is 0 Å². The molecule has 0 aliphatic heterocycles. The van der Waals surface area contributed by atoms with Crippen LogP contribution in [0.4, 0.5) is 5.69 Å². The number of anilines is 1. The van der Waals surface area contributed by atoms with Crippen molar-refractivity contribution in [2.75, 3.05) is 5.32 Å². The standard InChI is InChI=1S/C11H15BrN6O/c1-7(2)5-18-11(19)10(12)8(3-16-18)13-4-9-14-6-15-17-9/h3,6-7,13H,4-5H2,1-2H3,(H,14,15,17). The Morgan fingerprint density at radius 2 is 2.32 bits per heavy atom. The summed E-state index contributed by atoms with van der Waals surface area (Å²) in [5.74, 6) is 1.06. The molecule has 0 bridgehead atoms. The molecule has 102 valence electrons. The van der Waals surface area contributed by atoms with Crippen molar-refractivity contribution in [3.05, 3.63) is 33.2 Å². The van der Waals surface area contributed by atoms with E-state index in [1.165, 1.54) is 11.0 Å². The molecule has 8 heteroatoms. The molecular weight excluding hydrogens is 312 g/mol. The summed E-state index contributed by atoms with van der Waals surface area (Å²) in [6.07, 6.45) is 3.06. The van der Waals surface area contributed by atoms with Gasteiger partial charge >= 0.3 is 0 Å². The quantitative estimate of drug-likeness (QED) is 0.866. The van der Waals surface area contributed by atoms with E-state index in [1.54, 1.807) is 6.20 Å². The molecule has 0 amide bonds. The highest BCUT2D eigenvalue weighted by Crippen LogP contribution is 2.16. The third-order valence-corrected chi connectivity index (χ3v) is 3.20. The lowest BCUT2D eigenvalue weighted by Crippen LogP contribution is -2.26. The van der Waals surface area contributed by atoms with E-state index >= 15 is 0 Å². The summed E-state index contributed by atoms with van der Waals surface area (Å²) in [7, 11) is 0. The Hall–Kier alpha value is -1.70. The predicted octanol–water partition coefficient (Wildman–Crippen LogP) is 1.39. The number of rotatable bonds is 5. The van der Waals surface area contributed by atoms with Crippen LogP contribution in [0, 0.1) is 5.92 Å². The number of aromatic amines is 1. The van der Waals surface area contributed by atoms with Gasteiger partial charge in [-0.05, 0) is 21.8 Å². The van der Waals surface area contributed by atoms with Crippen LogP contribution >= 0.6 is 15.9 Å². The van der Waals surface area contributed by atoms with Crippen molar-refractivity contribution >= 4 is 21.6 Å². The summed E-state index contributed by atoms with van der Waals surface area (Å²) < 4.78 is 1.93. The Balaban J connectivity index is 2.14. The number of H-pyrrole nitrogens is 1. The first-order valence-electron chi connectivity index (χ1n) is 5.91. The Morgan fingerprint density at radius 1 is 1.53 bits per heavy atom. The number of hydrogen-bond acceptors (Lipinski definition) is 5. The molecule has 0 aliphatic rings. The summed E-state index contributed by atoms with van der Waals surface area (Å²) in [5.41, 5.74) is 0.498. The first-order chi connectivity index (χ1) is 9.08. The van der Waals surface area contributed by atoms with Gasteiger partial charge in [0.05, 0.1) is 18.4 Å². The van der Waals surface area contributed by atoms with Crippen LogP contribution in [0.25, 0.3) is 0 Å². The molecule has 0 fully saturated rings. The van der Waals surface area contributed by atoms with Crippen molar-refractivity contribution in [1.82, 2.24) is 25.0 Å². The molecule has 0 unspecified atom stereocenters. The van der Waals surface area contributed by atoms with Crippen molar-refractivity contribution in [2.24, 2.45) is 5.92 Å². The molecule has 2 rings (SSSR count). The minimum atomic E-state index is -0.142.